The Bertz CT molecular complexity index is 480. The number of nitrogens with one attached hydrogen (secondary N) is 2. The summed E-state index contributed by atoms with van der Waals surface area (Å²) in [6.45, 7) is 0.903. The fourth-order valence-electron chi connectivity index (χ4n) is 1.85. The minimum absolute atomic E-state index is 0.903. The van der Waals surface area contributed by atoms with E-state index in [-0.39, 0.29) is 0 Å². The van der Waals surface area contributed by atoms with E-state index >= 15 is 0 Å². The molecule has 2 aromatic rings. The highest BCUT2D eigenvalue weighted by Crippen LogP contribution is 2.24. The molecule has 0 saturated heterocycles. The lowest BCUT2D eigenvalue weighted by Gasteiger charge is -2.06. The summed E-state index contributed by atoms with van der Waals surface area (Å²) < 4.78 is 0. The first-order valence-electron chi connectivity index (χ1n) is 4.45. The average molecular weight is 170 g/mol. The molecule has 0 aliphatic carbocycles. The first kappa shape index (κ1) is 6.78. The van der Waals surface area contributed by atoms with E-state index in [1.165, 1.54) is 22.2 Å². The van der Waals surface area contributed by atoms with Gasteiger partial charge in [0.25, 0.3) is 0 Å². The van der Waals surface area contributed by atoms with E-state index in [2.05, 4.69) is 40.6 Å². The molecule has 1 aromatic heterocycles. The van der Waals surface area contributed by atoms with Crippen LogP contribution in [-0.2, 0) is 6.54 Å². The fraction of sp³-hybridized carbons (Fsp3) is 0.0909. The molecule has 0 unspecified atom stereocenters. The van der Waals surface area contributed by atoms with Crippen molar-refractivity contribution < 1.29 is 0 Å². The summed E-state index contributed by atoms with van der Waals surface area (Å²) >= 11 is 0. The van der Waals surface area contributed by atoms with Crippen LogP contribution in [0.4, 0.5) is 0 Å². The van der Waals surface area contributed by atoms with Gasteiger partial charge in [-0.3, -0.25) is 0 Å². The van der Waals surface area contributed by atoms with E-state index in [9.17, 15) is 0 Å². The van der Waals surface area contributed by atoms with Crippen LogP contribution in [0.2, 0.25) is 0 Å². The lowest BCUT2D eigenvalue weighted by atomic mass is 10.1. The number of aromatic amines is 1. The number of aromatic nitrogens is 1. The highest BCUT2D eigenvalue weighted by Gasteiger charge is 2.09. The van der Waals surface area contributed by atoms with Crippen LogP contribution in [0.1, 0.15) is 11.3 Å². The van der Waals surface area contributed by atoms with Crippen LogP contribution in [0.25, 0.3) is 17.0 Å². The van der Waals surface area contributed by atoms with Crippen molar-refractivity contribution in [3.05, 3.63) is 41.7 Å². The third kappa shape index (κ3) is 0.886. The molecule has 13 heavy (non-hydrogen) atoms. The van der Waals surface area contributed by atoms with Crippen LogP contribution >= 0.6 is 0 Å². The first-order valence-corrected chi connectivity index (χ1v) is 4.45. The predicted molar refractivity (Wildman–Crippen MR) is 54.2 cm³/mol. The van der Waals surface area contributed by atoms with Crippen molar-refractivity contribution >= 4 is 17.0 Å². The van der Waals surface area contributed by atoms with Gasteiger partial charge < -0.3 is 10.3 Å². The van der Waals surface area contributed by atoms with Crippen LogP contribution in [0.3, 0.4) is 0 Å². The first-order chi connectivity index (χ1) is 6.45. The van der Waals surface area contributed by atoms with E-state index in [4.69, 9.17) is 0 Å². The topological polar surface area (TPSA) is 27.8 Å². The largest absolute Gasteiger partial charge is 0.385 e. The zero-order chi connectivity index (χ0) is 8.67. The minimum Gasteiger partial charge on any atom is -0.385 e. The number of H-pyrrole nitrogens is 1. The van der Waals surface area contributed by atoms with E-state index < -0.39 is 0 Å². The van der Waals surface area contributed by atoms with Gasteiger partial charge in [0, 0.05) is 22.2 Å². The van der Waals surface area contributed by atoms with Crippen molar-refractivity contribution in [3.63, 3.8) is 0 Å². The van der Waals surface area contributed by atoms with Crippen molar-refractivity contribution in [2.75, 3.05) is 0 Å². The van der Waals surface area contributed by atoms with Crippen molar-refractivity contribution in [2.45, 2.75) is 6.54 Å². The summed E-state index contributed by atoms with van der Waals surface area (Å²) in [4.78, 5) is 3.40. The maximum atomic E-state index is 3.40. The molecule has 3 rings (SSSR count). The SMILES string of the molecule is C1=Cc2c([nH]c3ccccc23)CN1. The number of fused-ring (bicyclic) bond motifs is 3. The Labute approximate surface area is 76.3 Å². The molecule has 0 atom stereocenters. The van der Waals surface area contributed by atoms with Crippen molar-refractivity contribution in [3.8, 4) is 0 Å². The molecule has 1 aliphatic rings. The van der Waals surface area contributed by atoms with E-state index in [0.717, 1.165) is 6.54 Å². The van der Waals surface area contributed by atoms with Gasteiger partial charge >= 0.3 is 0 Å². The van der Waals surface area contributed by atoms with Crippen LogP contribution in [0.15, 0.2) is 30.5 Å². The molecular weight excluding hydrogens is 160 g/mol. The summed E-state index contributed by atoms with van der Waals surface area (Å²) in [7, 11) is 0. The second-order valence-electron chi connectivity index (χ2n) is 3.28. The average Bonchev–Trinajstić information content (AvgIpc) is 2.56. The summed E-state index contributed by atoms with van der Waals surface area (Å²) in [5, 5.41) is 4.51. The lowest BCUT2D eigenvalue weighted by molar-refractivity contribution is 0.837. The van der Waals surface area contributed by atoms with Crippen molar-refractivity contribution in [2.24, 2.45) is 0 Å². The molecule has 64 valence electrons. The fourth-order valence-corrected chi connectivity index (χ4v) is 1.85. The van der Waals surface area contributed by atoms with Gasteiger partial charge in [-0.25, -0.2) is 0 Å². The Balaban J connectivity index is 2.42. The van der Waals surface area contributed by atoms with E-state index in [0.29, 0.717) is 0 Å². The summed E-state index contributed by atoms with van der Waals surface area (Å²) in [5.41, 5.74) is 3.83. The van der Waals surface area contributed by atoms with E-state index in [1.807, 2.05) is 6.20 Å². The van der Waals surface area contributed by atoms with Gasteiger partial charge in [-0.2, -0.15) is 0 Å². The second kappa shape index (κ2) is 2.39. The molecule has 2 heterocycles. The maximum absolute atomic E-state index is 3.40. The molecule has 2 nitrogen and oxygen atoms in total. The molecule has 1 aromatic carbocycles. The van der Waals surface area contributed by atoms with Gasteiger partial charge in [0.1, 0.15) is 0 Å². The second-order valence-corrected chi connectivity index (χ2v) is 3.28. The van der Waals surface area contributed by atoms with Crippen molar-refractivity contribution in [1.29, 1.82) is 0 Å². The lowest BCUT2D eigenvalue weighted by Crippen LogP contribution is -2.09. The number of hydrogen-bond donors (Lipinski definition) is 2. The molecule has 1 aliphatic heterocycles. The Morgan fingerprint density at radius 1 is 1.15 bits per heavy atom. The number of hydrogen-bond acceptors (Lipinski definition) is 1. The number of benzene rings is 1. The molecule has 2 heteroatoms. The zero-order valence-corrected chi connectivity index (χ0v) is 7.17. The molecule has 0 radical (unpaired) electrons. The smallest absolute Gasteiger partial charge is 0.0552 e. The van der Waals surface area contributed by atoms with E-state index in [1.54, 1.807) is 0 Å². The van der Waals surface area contributed by atoms with Gasteiger partial charge in [-0.1, -0.05) is 18.2 Å². The Kier molecular flexibility index (Phi) is 1.25. The van der Waals surface area contributed by atoms with Gasteiger partial charge in [0.05, 0.1) is 6.54 Å². The maximum Gasteiger partial charge on any atom is 0.0552 e. The molecule has 0 amide bonds. The summed E-state index contributed by atoms with van der Waals surface area (Å²) in [5.74, 6) is 0. The molecule has 0 spiro atoms. The Morgan fingerprint density at radius 2 is 2.08 bits per heavy atom. The minimum atomic E-state index is 0.903. The quantitative estimate of drug-likeness (QED) is 0.623. The van der Waals surface area contributed by atoms with Crippen molar-refractivity contribution in [1.82, 2.24) is 10.3 Å². The summed E-state index contributed by atoms with van der Waals surface area (Å²) in [6.07, 6.45) is 4.13. The molecular formula is C11H10N2. The van der Waals surface area contributed by atoms with Gasteiger partial charge in [-0.05, 0) is 18.3 Å². The third-order valence-electron chi connectivity index (χ3n) is 2.47. The molecule has 0 bridgehead atoms. The Hall–Kier alpha value is -1.70. The van der Waals surface area contributed by atoms with Gasteiger partial charge in [0.15, 0.2) is 0 Å². The van der Waals surface area contributed by atoms with Crippen LogP contribution in [0.5, 0.6) is 0 Å². The summed E-state index contributed by atoms with van der Waals surface area (Å²) in [6, 6.07) is 8.40. The monoisotopic (exact) mass is 170 g/mol. The highest BCUT2D eigenvalue weighted by molar-refractivity contribution is 5.90. The molecule has 2 N–H and O–H groups in total. The molecule has 0 saturated carbocycles. The Morgan fingerprint density at radius 3 is 3.08 bits per heavy atom. The van der Waals surface area contributed by atoms with Gasteiger partial charge in [0.2, 0.25) is 0 Å². The third-order valence-corrected chi connectivity index (χ3v) is 2.47. The predicted octanol–water partition coefficient (Wildman–Crippen LogP) is 2.24. The normalized spacial score (nSPS) is 14.2. The molecule has 0 fully saturated rings. The highest BCUT2D eigenvalue weighted by atomic mass is 14.9. The van der Waals surface area contributed by atoms with Crippen LogP contribution < -0.4 is 5.32 Å². The standard InChI is InChI=1S/C11H10N2/c1-2-4-10-8(3-1)9-5-6-12-7-11(9)13-10/h1-6,12-13H,7H2. The van der Waals surface area contributed by atoms with Crippen LogP contribution in [-0.4, -0.2) is 4.98 Å². The van der Waals surface area contributed by atoms with Gasteiger partial charge in [-0.15, -0.1) is 0 Å². The number of para-hydroxylation sites is 1. The zero-order valence-electron chi connectivity index (χ0n) is 7.17. The number of rotatable bonds is 0. The van der Waals surface area contributed by atoms with Crippen LogP contribution in [0, 0.1) is 0 Å².